The summed E-state index contributed by atoms with van der Waals surface area (Å²) in [6.07, 6.45) is 0. The zero-order valence-electron chi connectivity index (χ0n) is 9.37. The Balaban J connectivity index is 2.73. The molecule has 0 atom stereocenters. The number of carbonyl (C=O) groups is 1. The predicted molar refractivity (Wildman–Crippen MR) is 58.1 cm³/mol. The van der Waals surface area contributed by atoms with Crippen LogP contribution in [0.5, 0.6) is 0 Å². The Morgan fingerprint density at radius 2 is 1.80 bits per heavy atom. The number of esters is 1. The molecule has 0 unspecified atom stereocenters. The second-order valence-corrected chi connectivity index (χ2v) is 3.40. The maximum Gasteiger partial charge on any atom is 0.338 e. The number of ether oxygens (including phenoxy) is 2. The first kappa shape index (κ1) is 11.7. The van der Waals surface area contributed by atoms with Gasteiger partial charge in [0.1, 0.15) is 6.61 Å². The van der Waals surface area contributed by atoms with E-state index in [-0.39, 0.29) is 5.97 Å². The normalized spacial score (nSPS) is 10.1. The fraction of sp³-hybridized carbons (Fsp3) is 0.417. The molecule has 0 aromatic heterocycles. The second kappa shape index (κ2) is 5.51. The monoisotopic (exact) mass is 208 g/mol. The highest BCUT2D eigenvalue weighted by atomic mass is 16.6. The van der Waals surface area contributed by atoms with Gasteiger partial charge in [-0.05, 0) is 25.0 Å². The average Bonchev–Trinajstić information content (AvgIpc) is 2.18. The van der Waals surface area contributed by atoms with E-state index < -0.39 is 0 Å². The van der Waals surface area contributed by atoms with Crippen molar-refractivity contribution >= 4 is 5.97 Å². The Bertz CT molecular complexity index is 324. The fourth-order valence-corrected chi connectivity index (χ4v) is 1.43. The van der Waals surface area contributed by atoms with Gasteiger partial charge in [0.05, 0.1) is 12.2 Å². The van der Waals surface area contributed by atoms with E-state index >= 15 is 0 Å². The number of hydrogen-bond donors (Lipinski definition) is 0. The van der Waals surface area contributed by atoms with Crippen molar-refractivity contribution < 1.29 is 14.3 Å². The van der Waals surface area contributed by atoms with Crippen molar-refractivity contribution in [3.63, 3.8) is 0 Å². The van der Waals surface area contributed by atoms with Gasteiger partial charge in [0.15, 0.2) is 0 Å². The SMILES string of the molecule is COCCOC(=O)c1c(C)cccc1C. The van der Waals surface area contributed by atoms with Gasteiger partial charge >= 0.3 is 5.97 Å². The van der Waals surface area contributed by atoms with Crippen molar-refractivity contribution in [3.8, 4) is 0 Å². The molecule has 0 aliphatic rings. The molecule has 0 aliphatic carbocycles. The largest absolute Gasteiger partial charge is 0.460 e. The van der Waals surface area contributed by atoms with E-state index in [9.17, 15) is 4.79 Å². The Morgan fingerprint density at radius 3 is 2.33 bits per heavy atom. The molecule has 1 aromatic rings. The third-order valence-corrected chi connectivity index (χ3v) is 2.21. The van der Waals surface area contributed by atoms with Crippen molar-refractivity contribution in [3.05, 3.63) is 34.9 Å². The number of benzene rings is 1. The van der Waals surface area contributed by atoms with E-state index in [0.29, 0.717) is 18.8 Å². The van der Waals surface area contributed by atoms with Gasteiger partial charge < -0.3 is 9.47 Å². The van der Waals surface area contributed by atoms with Gasteiger partial charge in [-0.1, -0.05) is 18.2 Å². The summed E-state index contributed by atoms with van der Waals surface area (Å²) in [6.45, 7) is 4.53. The standard InChI is InChI=1S/C12H16O3/c1-9-5-4-6-10(2)11(9)12(13)15-8-7-14-3/h4-6H,7-8H2,1-3H3. The van der Waals surface area contributed by atoms with Crippen molar-refractivity contribution in [2.24, 2.45) is 0 Å². The number of methoxy groups -OCH3 is 1. The highest BCUT2D eigenvalue weighted by Gasteiger charge is 2.12. The van der Waals surface area contributed by atoms with E-state index in [2.05, 4.69) is 0 Å². The van der Waals surface area contributed by atoms with Crippen LogP contribution < -0.4 is 0 Å². The van der Waals surface area contributed by atoms with Gasteiger partial charge in [-0.2, -0.15) is 0 Å². The van der Waals surface area contributed by atoms with Gasteiger partial charge in [-0.25, -0.2) is 4.79 Å². The highest BCUT2D eigenvalue weighted by Crippen LogP contribution is 2.14. The molecule has 0 saturated carbocycles. The quantitative estimate of drug-likeness (QED) is 0.561. The van der Waals surface area contributed by atoms with E-state index in [1.54, 1.807) is 7.11 Å². The molecule has 0 spiro atoms. The molecule has 0 N–H and O–H groups in total. The highest BCUT2D eigenvalue weighted by molar-refractivity contribution is 5.92. The lowest BCUT2D eigenvalue weighted by Gasteiger charge is -2.09. The molecule has 82 valence electrons. The number of carbonyl (C=O) groups excluding carboxylic acids is 1. The third kappa shape index (κ3) is 3.06. The topological polar surface area (TPSA) is 35.5 Å². The predicted octanol–water partition coefficient (Wildman–Crippen LogP) is 2.11. The minimum atomic E-state index is -0.275. The van der Waals surface area contributed by atoms with Gasteiger partial charge in [-0.3, -0.25) is 0 Å². The maximum atomic E-state index is 11.7. The Labute approximate surface area is 90.0 Å². The molecule has 3 heteroatoms. The summed E-state index contributed by atoms with van der Waals surface area (Å²) in [5.41, 5.74) is 2.54. The lowest BCUT2D eigenvalue weighted by atomic mass is 10.0. The van der Waals surface area contributed by atoms with Crippen LogP contribution in [0, 0.1) is 13.8 Å². The first-order valence-electron chi connectivity index (χ1n) is 4.89. The average molecular weight is 208 g/mol. The minimum Gasteiger partial charge on any atom is -0.460 e. The molecule has 0 aliphatic heterocycles. The summed E-state index contributed by atoms with van der Waals surface area (Å²) in [7, 11) is 1.58. The van der Waals surface area contributed by atoms with Crippen LogP contribution in [0.2, 0.25) is 0 Å². The van der Waals surface area contributed by atoms with Gasteiger partial charge in [-0.15, -0.1) is 0 Å². The molecule has 0 amide bonds. The summed E-state index contributed by atoms with van der Waals surface area (Å²) >= 11 is 0. The van der Waals surface area contributed by atoms with Crippen LogP contribution in [0.1, 0.15) is 21.5 Å². The van der Waals surface area contributed by atoms with E-state index in [1.807, 2.05) is 32.0 Å². The Kier molecular flexibility index (Phi) is 4.31. The summed E-state index contributed by atoms with van der Waals surface area (Å²) in [6, 6.07) is 5.73. The van der Waals surface area contributed by atoms with Crippen LogP contribution in [0.4, 0.5) is 0 Å². The first-order valence-corrected chi connectivity index (χ1v) is 4.89. The summed E-state index contributed by atoms with van der Waals surface area (Å²) in [5.74, 6) is -0.275. The lowest BCUT2D eigenvalue weighted by molar-refractivity contribution is 0.0386. The van der Waals surface area contributed by atoms with Crippen molar-refractivity contribution in [1.82, 2.24) is 0 Å². The molecular weight excluding hydrogens is 192 g/mol. The van der Waals surface area contributed by atoms with Crippen LogP contribution in [0.25, 0.3) is 0 Å². The lowest BCUT2D eigenvalue weighted by Crippen LogP contribution is -2.12. The van der Waals surface area contributed by atoms with Gasteiger partial charge in [0.2, 0.25) is 0 Å². The molecule has 3 nitrogen and oxygen atoms in total. The summed E-state index contributed by atoms with van der Waals surface area (Å²) in [4.78, 5) is 11.7. The summed E-state index contributed by atoms with van der Waals surface area (Å²) < 4.78 is 9.88. The second-order valence-electron chi connectivity index (χ2n) is 3.40. The molecule has 0 fully saturated rings. The first-order chi connectivity index (χ1) is 7.16. The number of aryl methyl sites for hydroxylation is 2. The summed E-state index contributed by atoms with van der Waals surface area (Å²) in [5, 5.41) is 0. The number of hydrogen-bond acceptors (Lipinski definition) is 3. The molecule has 1 aromatic carbocycles. The van der Waals surface area contributed by atoms with Crippen LogP contribution in [0.15, 0.2) is 18.2 Å². The smallest absolute Gasteiger partial charge is 0.338 e. The molecule has 0 heterocycles. The molecule has 0 saturated heterocycles. The third-order valence-electron chi connectivity index (χ3n) is 2.21. The van der Waals surface area contributed by atoms with Crippen LogP contribution >= 0.6 is 0 Å². The Morgan fingerprint density at radius 1 is 1.20 bits per heavy atom. The zero-order valence-corrected chi connectivity index (χ0v) is 9.37. The van der Waals surface area contributed by atoms with Gasteiger partial charge in [0.25, 0.3) is 0 Å². The number of rotatable bonds is 4. The molecule has 0 bridgehead atoms. The van der Waals surface area contributed by atoms with E-state index in [4.69, 9.17) is 9.47 Å². The molecule has 1 rings (SSSR count). The molecule has 0 radical (unpaired) electrons. The van der Waals surface area contributed by atoms with Crippen molar-refractivity contribution in [2.75, 3.05) is 20.3 Å². The van der Waals surface area contributed by atoms with Crippen LogP contribution in [-0.4, -0.2) is 26.3 Å². The van der Waals surface area contributed by atoms with Crippen LogP contribution in [-0.2, 0) is 9.47 Å². The fourth-order valence-electron chi connectivity index (χ4n) is 1.43. The Hall–Kier alpha value is -1.35. The van der Waals surface area contributed by atoms with Crippen molar-refractivity contribution in [2.45, 2.75) is 13.8 Å². The maximum absolute atomic E-state index is 11.7. The van der Waals surface area contributed by atoms with E-state index in [0.717, 1.165) is 11.1 Å². The molecular formula is C12H16O3. The van der Waals surface area contributed by atoms with E-state index in [1.165, 1.54) is 0 Å². The minimum absolute atomic E-state index is 0.275. The van der Waals surface area contributed by atoms with Crippen LogP contribution in [0.3, 0.4) is 0 Å². The van der Waals surface area contributed by atoms with Gasteiger partial charge in [0, 0.05) is 7.11 Å². The zero-order chi connectivity index (χ0) is 11.3. The van der Waals surface area contributed by atoms with Crippen molar-refractivity contribution in [1.29, 1.82) is 0 Å². The molecule has 15 heavy (non-hydrogen) atoms.